The zero-order chi connectivity index (χ0) is 15.7. The summed E-state index contributed by atoms with van der Waals surface area (Å²) in [6.45, 7) is 3.60. The third-order valence-electron chi connectivity index (χ3n) is 3.69. The maximum atomic E-state index is 11.4. The van der Waals surface area contributed by atoms with Crippen LogP contribution in [0.25, 0.3) is 11.2 Å². The maximum absolute atomic E-state index is 11.4. The van der Waals surface area contributed by atoms with Crippen molar-refractivity contribution in [3.63, 3.8) is 0 Å². The first kappa shape index (κ1) is 14.3. The quantitative estimate of drug-likeness (QED) is 0.803. The predicted molar refractivity (Wildman–Crippen MR) is 83.9 cm³/mol. The zero-order valence-electron chi connectivity index (χ0n) is 12.5. The molecule has 22 heavy (non-hydrogen) atoms. The number of aryl methyl sites for hydroxylation is 1. The van der Waals surface area contributed by atoms with E-state index in [1.807, 2.05) is 43.3 Å². The number of nitrogens with zero attached hydrogens (tertiary/aromatic N) is 3. The van der Waals surface area contributed by atoms with Crippen molar-refractivity contribution in [1.29, 1.82) is 0 Å². The molecule has 5 nitrogen and oxygen atoms in total. The number of hydrogen-bond acceptors (Lipinski definition) is 3. The standard InChI is InChI=1S/C17H17N3O2/c1-11-8-14-16(18-10-11)20(12(2)17(21)22)15(19-14)9-13-6-4-3-5-7-13/h3-8,10,12H,9H2,1-2H3,(H,21,22). The van der Waals surface area contributed by atoms with E-state index in [-0.39, 0.29) is 0 Å². The van der Waals surface area contributed by atoms with Crippen LogP contribution in [-0.2, 0) is 11.2 Å². The maximum Gasteiger partial charge on any atom is 0.326 e. The average Bonchev–Trinajstić information content (AvgIpc) is 2.84. The summed E-state index contributed by atoms with van der Waals surface area (Å²) >= 11 is 0. The highest BCUT2D eigenvalue weighted by atomic mass is 16.4. The van der Waals surface area contributed by atoms with Gasteiger partial charge in [0.1, 0.15) is 17.4 Å². The molecule has 0 fully saturated rings. The Hall–Kier alpha value is -2.69. The number of aliphatic carboxylic acids is 1. The van der Waals surface area contributed by atoms with Crippen molar-refractivity contribution in [2.75, 3.05) is 0 Å². The summed E-state index contributed by atoms with van der Waals surface area (Å²) in [5.41, 5.74) is 3.45. The number of benzene rings is 1. The molecule has 0 bridgehead atoms. The van der Waals surface area contributed by atoms with Gasteiger partial charge in [-0.1, -0.05) is 30.3 Å². The Bertz CT molecular complexity index is 825. The SMILES string of the molecule is Cc1cnc2c(c1)nc(Cc1ccccc1)n2C(C)C(=O)O. The minimum Gasteiger partial charge on any atom is -0.480 e. The first-order chi connectivity index (χ1) is 10.6. The first-order valence-corrected chi connectivity index (χ1v) is 7.16. The van der Waals surface area contributed by atoms with Crippen LogP contribution in [0.5, 0.6) is 0 Å². The van der Waals surface area contributed by atoms with E-state index in [1.54, 1.807) is 17.7 Å². The third-order valence-corrected chi connectivity index (χ3v) is 3.69. The molecule has 3 aromatic rings. The molecule has 1 N–H and O–H groups in total. The van der Waals surface area contributed by atoms with E-state index in [2.05, 4.69) is 9.97 Å². The van der Waals surface area contributed by atoms with Crippen LogP contribution in [0, 0.1) is 6.92 Å². The lowest BCUT2D eigenvalue weighted by Gasteiger charge is -2.13. The Labute approximate surface area is 128 Å². The van der Waals surface area contributed by atoms with Crippen LogP contribution in [-0.4, -0.2) is 25.6 Å². The number of fused-ring (bicyclic) bond motifs is 1. The number of imidazole rings is 1. The summed E-state index contributed by atoms with van der Waals surface area (Å²) in [6, 6.07) is 11.1. The number of carboxylic acids is 1. The van der Waals surface area contributed by atoms with Crippen LogP contribution < -0.4 is 0 Å². The minimum absolute atomic E-state index is 0.577. The second kappa shape index (κ2) is 5.60. The Kier molecular flexibility index (Phi) is 3.63. The number of hydrogen-bond donors (Lipinski definition) is 1. The summed E-state index contributed by atoms with van der Waals surface area (Å²) in [5, 5.41) is 9.38. The number of rotatable bonds is 4. The normalized spacial score (nSPS) is 12.5. The molecule has 0 spiro atoms. The second-order valence-electron chi connectivity index (χ2n) is 5.43. The molecule has 0 aliphatic heterocycles. The van der Waals surface area contributed by atoms with E-state index in [1.165, 1.54) is 0 Å². The van der Waals surface area contributed by atoms with Crippen molar-refractivity contribution in [2.24, 2.45) is 0 Å². The van der Waals surface area contributed by atoms with E-state index in [9.17, 15) is 9.90 Å². The highest BCUT2D eigenvalue weighted by molar-refractivity contribution is 5.78. The lowest BCUT2D eigenvalue weighted by molar-refractivity contribution is -0.140. The molecule has 0 amide bonds. The molecule has 1 aromatic carbocycles. The van der Waals surface area contributed by atoms with E-state index in [0.717, 1.165) is 16.6 Å². The predicted octanol–water partition coefficient (Wildman–Crippen LogP) is 2.98. The molecule has 0 saturated heterocycles. The van der Waals surface area contributed by atoms with Crippen molar-refractivity contribution in [1.82, 2.24) is 14.5 Å². The van der Waals surface area contributed by atoms with Crippen LogP contribution >= 0.6 is 0 Å². The fourth-order valence-corrected chi connectivity index (χ4v) is 2.55. The van der Waals surface area contributed by atoms with Crippen LogP contribution in [0.1, 0.15) is 29.9 Å². The Morgan fingerprint density at radius 2 is 2.05 bits per heavy atom. The van der Waals surface area contributed by atoms with E-state index in [0.29, 0.717) is 17.9 Å². The fourth-order valence-electron chi connectivity index (χ4n) is 2.55. The van der Waals surface area contributed by atoms with Gasteiger partial charge in [0.15, 0.2) is 5.65 Å². The van der Waals surface area contributed by atoms with Crippen molar-refractivity contribution in [2.45, 2.75) is 26.3 Å². The summed E-state index contributed by atoms with van der Waals surface area (Å²) in [5.74, 6) is -0.176. The van der Waals surface area contributed by atoms with Crippen molar-refractivity contribution < 1.29 is 9.90 Å². The van der Waals surface area contributed by atoms with Gasteiger partial charge < -0.3 is 5.11 Å². The molecule has 0 aliphatic rings. The topological polar surface area (TPSA) is 68.0 Å². The largest absolute Gasteiger partial charge is 0.480 e. The van der Waals surface area contributed by atoms with Gasteiger partial charge in [0.25, 0.3) is 0 Å². The van der Waals surface area contributed by atoms with Crippen LogP contribution in [0.4, 0.5) is 0 Å². The lowest BCUT2D eigenvalue weighted by atomic mass is 10.1. The van der Waals surface area contributed by atoms with E-state index < -0.39 is 12.0 Å². The lowest BCUT2D eigenvalue weighted by Crippen LogP contribution is -2.18. The summed E-state index contributed by atoms with van der Waals surface area (Å²) < 4.78 is 1.71. The number of pyridine rings is 1. The van der Waals surface area contributed by atoms with Gasteiger partial charge in [0.2, 0.25) is 0 Å². The summed E-state index contributed by atoms with van der Waals surface area (Å²) in [7, 11) is 0. The van der Waals surface area contributed by atoms with Crippen LogP contribution in [0.15, 0.2) is 42.6 Å². The summed E-state index contributed by atoms with van der Waals surface area (Å²) in [6.07, 6.45) is 2.31. The van der Waals surface area contributed by atoms with Gasteiger partial charge in [-0.15, -0.1) is 0 Å². The minimum atomic E-state index is -0.893. The molecule has 0 radical (unpaired) electrons. The van der Waals surface area contributed by atoms with Crippen molar-refractivity contribution in [3.05, 3.63) is 59.5 Å². The molecule has 1 unspecified atom stereocenters. The molecular weight excluding hydrogens is 278 g/mol. The van der Waals surface area contributed by atoms with Crippen molar-refractivity contribution in [3.8, 4) is 0 Å². The highest BCUT2D eigenvalue weighted by Gasteiger charge is 2.21. The first-order valence-electron chi connectivity index (χ1n) is 7.16. The fraction of sp³-hybridized carbons (Fsp3) is 0.235. The van der Waals surface area contributed by atoms with Gasteiger partial charge in [-0.05, 0) is 31.0 Å². The Morgan fingerprint density at radius 3 is 2.73 bits per heavy atom. The number of carboxylic acid groups (broad SMARTS) is 1. The monoisotopic (exact) mass is 295 g/mol. The molecular formula is C17H17N3O2. The van der Waals surface area contributed by atoms with Crippen molar-refractivity contribution >= 4 is 17.1 Å². The van der Waals surface area contributed by atoms with Gasteiger partial charge in [-0.25, -0.2) is 14.8 Å². The molecule has 0 aliphatic carbocycles. The highest BCUT2D eigenvalue weighted by Crippen LogP contribution is 2.22. The number of aromatic nitrogens is 3. The number of carbonyl (C=O) groups is 1. The summed E-state index contributed by atoms with van der Waals surface area (Å²) in [4.78, 5) is 20.4. The molecule has 0 saturated carbocycles. The molecule has 1 atom stereocenters. The van der Waals surface area contributed by atoms with E-state index >= 15 is 0 Å². The van der Waals surface area contributed by atoms with Crippen LogP contribution in [0.3, 0.4) is 0 Å². The van der Waals surface area contributed by atoms with E-state index in [4.69, 9.17) is 0 Å². The van der Waals surface area contributed by atoms with Gasteiger partial charge >= 0.3 is 5.97 Å². The second-order valence-corrected chi connectivity index (χ2v) is 5.43. The molecule has 2 heterocycles. The van der Waals surface area contributed by atoms with Crippen LogP contribution in [0.2, 0.25) is 0 Å². The molecule has 5 heteroatoms. The van der Waals surface area contributed by atoms with Gasteiger partial charge in [-0.3, -0.25) is 4.57 Å². The molecule has 3 rings (SSSR count). The third kappa shape index (κ3) is 2.57. The molecule has 112 valence electrons. The zero-order valence-corrected chi connectivity index (χ0v) is 12.5. The Balaban J connectivity index is 2.15. The molecule has 2 aromatic heterocycles. The smallest absolute Gasteiger partial charge is 0.326 e. The van der Waals surface area contributed by atoms with Gasteiger partial charge in [0, 0.05) is 12.6 Å². The van der Waals surface area contributed by atoms with Gasteiger partial charge in [-0.2, -0.15) is 0 Å². The Morgan fingerprint density at radius 1 is 1.32 bits per heavy atom. The van der Waals surface area contributed by atoms with Gasteiger partial charge in [0.05, 0.1) is 0 Å². The average molecular weight is 295 g/mol.